The van der Waals surface area contributed by atoms with E-state index in [4.69, 9.17) is 16.3 Å². The summed E-state index contributed by atoms with van der Waals surface area (Å²) in [7, 11) is 0. The highest BCUT2D eigenvalue weighted by molar-refractivity contribution is 6.32. The molecule has 108 valence electrons. The number of hydrogen-bond donors (Lipinski definition) is 1. The van der Waals surface area contributed by atoms with E-state index in [1.807, 2.05) is 29.0 Å². The molecule has 0 atom stereocenters. The van der Waals surface area contributed by atoms with Crippen LogP contribution in [-0.4, -0.2) is 22.7 Å². The van der Waals surface area contributed by atoms with Gasteiger partial charge < -0.3 is 14.6 Å². The highest BCUT2D eigenvalue weighted by Crippen LogP contribution is 2.25. The third-order valence-electron chi connectivity index (χ3n) is 2.92. The van der Waals surface area contributed by atoms with Crippen LogP contribution in [0.15, 0.2) is 36.9 Å². The van der Waals surface area contributed by atoms with E-state index in [0.717, 1.165) is 31.8 Å². The Morgan fingerprint density at radius 1 is 1.40 bits per heavy atom. The van der Waals surface area contributed by atoms with Gasteiger partial charge in [0.25, 0.3) is 0 Å². The van der Waals surface area contributed by atoms with Crippen molar-refractivity contribution in [3.63, 3.8) is 0 Å². The average Bonchev–Trinajstić information content (AvgIpc) is 2.95. The van der Waals surface area contributed by atoms with E-state index >= 15 is 0 Å². The van der Waals surface area contributed by atoms with Crippen LogP contribution in [0, 0.1) is 0 Å². The fourth-order valence-corrected chi connectivity index (χ4v) is 2.12. The van der Waals surface area contributed by atoms with Crippen molar-refractivity contribution in [1.82, 2.24) is 14.9 Å². The van der Waals surface area contributed by atoms with E-state index in [0.29, 0.717) is 11.6 Å². The molecule has 0 aliphatic carbocycles. The molecule has 0 spiro atoms. The molecular formula is C15H20ClN3O. The van der Waals surface area contributed by atoms with Crippen LogP contribution in [-0.2, 0) is 13.1 Å². The number of nitrogens with zero attached hydrogens (tertiary/aromatic N) is 2. The summed E-state index contributed by atoms with van der Waals surface area (Å²) in [6.45, 7) is 5.33. The number of rotatable bonds is 8. The van der Waals surface area contributed by atoms with Crippen molar-refractivity contribution in [3.05, 3.63) is 47.5 Å². The smallest absolute Gasteiger partial charge is 0.137 e. The lowest BCUT2D eigenvalue weighted by molar-refractivity contribution is 0.298. The van der Waals surface area contributed by atoms with Gasteiger partial charge in [0.2, 0.25) is 0 Å². The first-order valence-electron chi connectivity index (χ1n) is 6.87. The Morgan fingerprint density at radius 2 is 2.30 bits per heavy atom. The van der Waals surface area contributed by atoms with Crippen LogP contribution < -0.4 is 10.1 Å². The second kappa shape index (κ2) is 7.92. The maximum absolute atomic E-state index is 6.23. The Kier molecular flexibility index (Phi) is 5.89. The molecule has 0 amide bonds. The number of hydrogen-bond acceptors (Lipinski definition) is 3. The van der Waals surface area contributed by atoms with Crippen molar-refractivity contribution in [2.45, 2.75) is 26.4 Å². The Labute approximate surface area is 124 Å². The molecule has 1 aromatic heterocycles. The predicted octanol–water partition coefficient (Wildman–Crippen LogP) is 3.12. The molecule has 0 unspecified atom stereocenters. The zero-order valence-corrected chi connectivity index (χ0v) is 12.4. The van der Waals surface area contributed by atoms with Crippen LogP contribution in [0.4, 0.5) is 0 Å². The van der Waals surface area contributed by atoms with Crippen molar-refractivity contribution < 1.29 is 4.74 Å². The lowest BCUT2D eigenvalue weighted by atomic mass is 10.2. The third kappa shape index (κ3) is 4.54. The standard InChI is InChI=1S/C15H20ClN3O/c1-2-5-17-11-13-3-4-15(14(16)10-13)20-9-8-19-7-6-18-12-19/h3-4,6-7,10,12,17H,2,5,8-9,11H2,1H3. The zero-order chi connectivity index (χ0) is 14.2. The van der Waals surface area contributed by atoms with E-state index in [2.05, 4.69) is 17.2 Å². The summed E-state index contributed by atoms with van der Waals surface area (Å²) in [5.74, 6) is 0.728. The van der Waals surface area contributed by atoms with Crippen LogP contribution >= 0.6 is 11.6 Å². The van der Waals surface area contributed by atoms with Crippen LogP contribution in [0.2, 0.25) is 5.02 Å². The summed E-state index contributed by atoms with van der Waals surface area (Å²) in [5, 5.41) is 4.01. The van der Waals surface area contributed by atoms with Gasteiger partial charge in [-0.3, -0.25) is 0 Å². The first kappa shape index (κ1) is 14.9. The quantitative estimate of drug-likeness (QED) is 0.760. The van der Waals surface area contributed by atoms with Gasteiger partial charge in [0.05, 0.1) is 17.9 Å². The van der Waals surface area contributed by atoms with E-state index in [9.17, 15) is 0 Å². The van der Waals surface area contributed by atoms with Gasteiger partial charge in [-0.15, -0.1) is 0 Å². The molecule has 1 heterocycles. The van der Waals surface area contributed by atoms with Gasteiger partial charge in [0.1, 0.15) is 12.4 Å². The highest BCUT2D eigenvalue weighted by atomic mass is 35.5. The minimum atomic E-state index is 0.573. The second-order valence-corrected chi connectivity index (χ2v) is 5.00. The van der Waals surface area contributed by atoms with Crippen LogP contribution in [0.5, 0.6) is 5.75 Å². The molecule has 0 saturated carbocycles. The van der Waals surface area contributed by atoms with Crippen LogP contribution in [0.1, 0.15) is 18.9 Å². The normalized spacial score (nSPS) is 10.7. The molecule has 0 bridgehead atoms. The molecule has 2 aromatic rings. The van der Waals surface area contributed by atoms with E-state index in [-0.39, 0.29) is 0 Å². The summed E-state index contributed by atoms with van der Waals surface area (Å²) in [5.41, 5.74) is 1.17. The van der Waals surface area contributed by atoms with Gasteiger partial charge in [-0.1, -0.05) is 24.6 Å². The molecule has 0 radical (unpaired) electrons. The molecule has 0 aliphatic rings. The monoisotopic (exact) mass is 293 g/mol. The number of ether oxygens (including phenoxy) is 1. The van der Waals surface area contributed by atoms with Crippen molar-refractivity contribution in [3.8, 4) is 5.75 Å². The van der Waals surface area contributed by atoms with Crippen molar-refractivity contribution in [2.24, 2.45) is 0 Å². The van der Waals surface area contributed by atoms with Gasteiger partial charge in [-0.25, -0.2) is 4.98 Å². The van der Waals surface area contributed by atoms with Gasteiger partial charge in [-0.2, -0.15) is 0 Å². The molecule has 4 nitrogen and oxygen atoms in total. The zero-order valence-electron chi connectivity index (χ0n) is 11.7. The fourth-order valence-electron chi connectivity index (χ4n) is 1.86. The minimum absolute atomic E-state index is 0.573. The molecular weight excluding hydrogens is 274 g/mol. The highest BCUT2D eigenvalue weighted by Gasteiger charge is 2.03. The van der Waals surface area contributed by atoms with Crippen molar-refractivity contribution >= 4 is 11.6 Å². The Balaban J connectivity index is 1.82. The first-order chi connectivity index (χ1) is 9.79. The Morgan fingerprint density at radius 3 is 3.00 bits per heavy atom. The summed E-state index contributed by atoms with van der Waals surface area (Å²) < 4.78 is 7.66. The number of nitrogens with one attached hydrogen (secondary N) is 1. The number of aromatic nitrogens is 2. The van der Waals surface area contributed by atoms with Crippen LogP contribution in [0.3, 0.4) is 0 Å². The summed E-state index contributed by atoms with van der Waals surface area (Å²) in [4.78, 5) is 3.99. The number of benzene rings is 1. The lowest BCUT2D eigenvalue weighted by Gasteiger charge is -2.10. The van der Waals surface area contributed by atoms with Gasteiger partial charge in [0, 0.05) is 18.9 Å². The Hall–Kier alpha value is -1.52. The summed E-state index contributed by atoms with van der Waals surface area (Å²) >= 11 is 6.23. The largest absolute Gasteiger partial charge is 0.490 e. The van der Waals surface area contributed by atoms with Gasteiger partial charge >= 0.3 is 0 Å². The topological polar surface area (TPSA) is 39.1 Å². The van der Waals surface area contributed by atoms with E-state index < -0.39 is 0 Å². The molecule has 1 aromatic carbocycles. The molecule has 1 N–H and O–H groups in total. The van der Waals surface area contributed by atoms with Crippen LogP contribution in [0.25, 0.3) is 0 Å². The molecule has 0 fully saturated rings. The maximum atomic E-state index is 6.23. The van der Waals surface area contributed by atoms with Gasteiger partial charge in [-0.05, 0) is 30.7 Å². The first-order valence-corrected chi connectivity index (χ1v) is 7.25. The number of imidazole rings is 1. The fraction of sp³-hybridized carbons (Fsp3) is 0.400. The summed E-state index contributed by atoms with van der Waals surface area (Å²) in [6, 6.07) is 5.93. The average molecular weight is 294 g/mol. The SMILES string of the molecule is CCCNCc1ccc(OCCn2ccnc2)c(Cl)c1. The molecule has 20 heavy (non-hydrogen) atoms. The third-order valence-corrected chi connectivity index (χ3v) is 3.21. The van der Waals surface area contributed by atoms with Crippen molar-refractivity contribution in [1.29, 1.82) is 0 Å². The van der Waals surface area contributed by atoms with E-state index in [1.54, 1.807) is 12.5 Å². The number of halogens is 1. The maximum Gasteiger partial charge on any atom is 0.137 e. The molecule has 5 heteroatoms. The lowest BCUT2D eigenvalue weighted by Crippen LogP contribution is -2.13. The minimum Gasteiger partial charge on any atom is -0.490 e. The molecule has 0 aliphatic heterocycles. The van der Waals surface area contributed by atoms with Gasteiger partial charge in [0.15, 0.2) is 0 Å². The predicted molar refractivity (Wildman–Crippen MR) is 81.2 cm³/mol. The molecule has 0 saturated heterocycles. The Bertz CT molecular complexity index is 514. The molecule has 2 rings (SSSR count). The van der Waals surface area contributed by atoms with E-state index in [1.165, 1.54) is 5.56 Å². The summed E-state index contributed by atoms with van der Waals surface area (Å²) in [6.07, 6.45) is 6.56. The van der Waals surface area contributed by atoms with Crippen molar-refractivity contribution in [2.75, 3.05) is 13.2 Å². The second-order valence-electron chi connectivity index (χ2n) is 4.59.